The summed E-state index contributed by atoms with van der Waals surface area (Å²) in [4.78, 5) is 11.3. The van der Waals surface area contributed by atoms with Gasteiger partial charge >= 0.3 is 5.97 Å². The van der Waals surface area contributed by atoms with Crippen LogP contribution >= 0.6 is 22.6 Å². The Morgan fingerprint density at radius 3 is 3.07 bits per heavy atom. The average Bonchev–Trinajstić information content (AvgIpc) is 2.64. The van der Waals surface area contributed by atoms with E-state index in [9.17, 15) is 4.79 Å². The molecule has 0 aliphatic rings. The number of H-pyrrole nitrogens is 1. The van der Waals surface area contributed by atoms with Gasteiger partial charge in [-0.1, -0.05) is 0 Å². The molecule has 0 radical (unpaired) electrons. The minimum atomic E-state index is -0.334. The average molecular weight is 302 g/mol. The van der Waals surface area contributed by atoms with Crippen molar-refractivity contribution in [3.63, 3.8) is 0 Å². The molecular weight excluding hydrogens is 295 g/mol. The van der Waals surface area contributed by atoms with E-state index in [1.807, 2.05) is 0 Å². The summed E-state index contributed by atoms with van der Waals surface area (Å²) in [5.74, 6) is -0.334. The van der Waals surface area contributed by atoms with Crippen molar-refractivity contribution in [1.29, 1.82) is 0 Å². The highest BCUT2D eigenvalue weighted by molar-refractivity contribution is 14.1. The molecule has 0 fully saturated rings. The molecule has 4 nitrogen and oxygen atoms in total. The summed E-state index contributed by atoms with van der Waals surface area (Å²) < 4.78 is 5.62. The van der Waals surface area contributed by atoms with Crippen molar-refractivity contribution in [2.24, 2.45) is 0 Å². The maximum Gasteiger partial charge on any atom is 0.337 e. The number of hydrogen-bond acceptors (Lipinski definition) is 3. The van der Waals surface area contributed by atoms with E-state index in [2.05, 4.69) is 37.5 Å². The van der Waals surface area contributed by atoms with Gasteiger partial charge in [0.05, 0.1) is 24.4 Å². The maximum atomic E-state index is 11.3. The lowest BCUT2D eigenvalue weighted by Gasteiger charge is -2.00. The molecular formula is C9H7IN2O2. The van der Waals surface area contributed by atoms with Gasteiger partial charge in [-0.25, -0.2) is 4.79 Å². The molecule has 2 rings (SSSR count). The molecule has 0 bridgehead atoms. The lowest BCUT2D eigenvalue weighted by Crippen LogP contribution is -2.01. The summed E-state index contributed by atoms with van der Waals surface area (Å²) in [7, 11) is 1.37. The first kappa shape index (κ1) is 9.45. The van der Waals surface area contributed by atoms with Crippen LogP contribution < -0.4 is 0 Å². The van der Waals surface area contributed by atoms with Gasteiger partial charge in [-0.15, -0.1) is 0 Å². The molecule has 5 heteroatoms. The maximum absolute atomic E-state index is 11.3. The number of esters is 1. The molecule has 14 heavy (non-hydrogen) atoms. The zero-order valence-corrected chi connectivity index (χ0v) is 9.53. The summed E-state index contributed by atoms with van der Waals surface area (Å²) in [6.45, 7) is 0. The Morgan fingerprint density at radius 2 is 2.36 bits per heavy atom. The number of nitrogens with zero attached hydrogens (tertiary/aromatic N) is 1. The Kier molecular flexibility index (Phi) is 2.40. The number of rotatable bonds is 1. The number of ether oxygens (including phenoxy) is 1. The van der Waals surface area contributed by atoms with Crippen LogP contribution in [0.15, 0.2) is 18.3 Å². The fraction of sp³-hybridized carbons (Fsp3) is 0.111. The first-order valence-electron chi connectivity index (χ1n) is 3.93. The molecule has 72 valence electrons. The quantitative estimate of drug-likeness (QED) is 0.647. The largest absolute Gasteiger partial charge is 0.465 e. The van der Waals surface area contributed by atoms with Crippen LogP contribution in [0.25, 0.3) is 10.9 Å². The highest BCUT2D eigenvalue weighted by Crippen LogP contribution is 2.20. The van der Waals surface area contributed by atoms with Gasteiger partial charge in [-0.3, -0.25) is 5.10 Å². The van der Waals surface area contributed by atoms with Gasteiger partial charge < -0.3 is 4.74 Å². The molecule has 0 atom stereocenters. The van der Waals surface area contributed by atoms with Gasteiger partial charge in [-0.05, 0) is 34.7 Å². The monoisotopic (exact) mass is 302 g/mol. The van der Waals surface area contributed by atoms with Crippen molar-refractivity contribution in [2.45, 2.75) is 0 Å². The first-order chi connectivity index (χ1) is 6.72. The van der Waals surface area contributed by atoms with Crippen molar-refractivity contribution in [3.8, 4) is 0 Å². The van der Waals surface area contributed by atoms with Crippen LogP contribution in [0.2, 0.25) is 0 Å². The fourth-order valence-corrected chi connectivity index (χ4v) is 2.01. The second-order valence-electron chi connectivity index (χ2n) is 2.78. The number of fused-ring (bicyclic) bond motifs is 1. The molecule has 0 saturated heterocycles. The zero-order valence-electron chi connectivity index (χ0n) is 7.37. The van der Waals surface area contributed by atoms with Crippen LogP contribution in [0.4, 0.5) is 0 Å². The van der Waals surface area contributed by atoms with Crippen LogP contribution in [0, 0.1) is 3.57 Å². The third-order valence-corrected chi connectivity index (χ3v) is 2.82. The van der Waals surface area contributed by atoms with E-state index >= 15 is 0 Å². The van der Waals surface area contributed by atoms with Gasteiger partial charge in [0, 0.05) is 8.96 Å². The Bertz CT molecular complexity index is 493. The molecule has 1 heterocycles. The molecule has 0 aliphatic carbocycles. The molecule has 1 aromatic carbocycles. The Morgan fingerprint density at radius 1 is 1.57 bits per heavy atom. The van der Waals surface area contributed by atoms with Gasteiger partial charge in [0.15, 0.2) is 0 Å². The smallest absolute Gasteiger partial charge is 0.337 e. The SMILES string of the molecule is COC(=O)c1cc(I)c2cn[nH]c2c1. The number of nitrogens with one attached hydrogen (secondary N) is 1. The van der Waals surface area contributed by atoms with E-state index in [4.69, 9.17) is 0 Å². The third-order valence-electron chi connectivity index (χ3n) is 1.93. The minimum Gasteiger partial charge on any atom is -0.465 e. The number of aromatic amines is 1. The highest BCUT2D eigenvalue weighted by atomic mass is 127. The molecule has 1 N–H and O–H groups in total. The molecule has 0 spiro atoms. The summed E-state index contributed by atoms with van der Waals surface area (Å²) in [5.41, 5.74) is 1.38. The molecule has 0 saturated carbocycles. The van der Waals surface area contributed by atoms with E-state index in [0.29, 0.717) is 5.56 Å². The van der Waals surface area contributed by atoms with Crippen molar-refractivity contribution < 1.29 is 9.53 Å². The fourth-order valence-electron chi connectivity index (χ4n) is 1.24. The lowest BCUT2D eigenvalue weighted by molar-refractivity contribution is 0.0601. The normalized spacial score (nSPS) is 10.4. The van der Waals surface area contributed by atoms with Crippen LogP contribution in [0.5, 0.6) is 0 Å². The van der Waals surface area contributed by atoms with Gasteiger partial charge in [-0.2, -0.15) is 5.10 Å². The van der Waals surface area contributed by atoms with E-state index in [-0.39, 0.29) is 5.97 Å². The lowest BCUT2D eigenvalue weighted by atomic mass is 10.2. The summed E-state index contributed by atoms with van der Waals surface area (Å²) in [6, 6.07) is 3.51. The standard InChI is InChI=1S/C9H7IN2O2/c1-14-9(13)5-2-7(10)6-4-11-12-8(6)3-5/h2-4H,1H3,(H,11,12). The summed E-state index contributed by atoms with van der Waals surface area (Å²) in [5, 5.41) is 7.74. The van der Waals surface area contributed by atoms with Crippen molar-refractivity contribution in [1.82, 2.24) is 10.2 Å². The number of aromatic nitrogens is 2. The number of hydrogen-bond donors (Lipinski definition) is 1. The third kappa shape index (κ3) is 1.47. The summed E-state index contributed by atoms with van der Waals surface area (Å²) in [6.07, 6.45) is 1.73. The zero-order chi connectivity index (χ0) is 10.1. The van der Waals surface area contributed by atoms with Crippen LogP contribution in [-0.2, 0) is 4.74 Å². The molecule has 0 amide bonds. The number of halogens is 1. The Hall–Kier alpha value is -1.11. The van der Waals surface area contributed by atoms with Crippen LogP contribution in [0.1, 0.15) is 10.4 Å². The van der Waals surface area contributed by atoms with Gasteiger partial charge in [0.2, 0.25) is 0 Å². The summed E-state index contributed by atoms with van der Waals surface area (Å²) >= 11 is 2.16. The van der Waals surface area contributed by atoms with Crippen molar-refractivity contribution in [2.75, 3.05) is 7.11 Å². The van der Waals surface area contributed by atoms with Crippen molar-refractivity contribution >= 4 is 39.5 Å². The number of methoxy groups -OCH3 is 1. The van der Waals surface area contributed by atoms with Crippen molar-refractivity contribution in [3.05, 3.63) is 27.5 Å². The first-order valence-corrected chi connectivity index (χ1v) is 5.01. The molecule has 1 aromatic heterocycles. The van der Waals surface area contributed by atoms with E-state index < -0.39 is 0 Å². The van der Waals surface area contributed by atoms with E-state index in [0.717, 1.165) is 14.5 Å². The number of carbonyl (C=O) groups is 1. The predicted molar refractivity (Wildman–Crippen MR) is 60.2 cm³/mol. The van der Waals surface area contributed by atoms with Gasteiger partial charge in [0.25, 0.3) is 0 Å². The highest BCUT2D eigenvalue weighted by Gasteiger charge is 2.09. The Balaban J connectivity index is 2.64. The van der Waals surface area contributed by atoms with Crippen LogP contribution in [0.3, 0.4) is 0 Å². The molecule has 0 unspecified atom stereocenters. The van der Waals surface area contributed by atoms with E-state index in [1.165, 1.54) is 7.11 Å². The second kappa shape index (κ2) is 3.56. The topological polar surface area (TPSA) is 55.0 Å². The number of benzene rings is 1. The van der Waals surface area contributed by atoms with E-state index in [1.54, 1.807) is 18.3 Å². The predicted octanol–water partition coefficient (Wildman–Crippen LogP) is 1.95. The minimum absolute atomic E-state index is 0.334. The molecule has 2 aromatic rings. The van der Waals surface area contributed by atoms with Crippen LogP contribution in [-0.4, -0.2) is 23.3 Å². The second-order valence-corrected chi connectivity index (χ2v) is 3.94. The number of carbonyl (C=O) groups excluding carboxylic acids is 1. The Labute approximate surface area is 93.8 Å². The molecule has 0 aliphatic heterocycles. The van der Waals surface area contributed by atoms with Gasteiger partial charge in [0.1, 0.15) is 0 Å².